The van der Waals surface area contributed by atoms with Gasteiger partial charge in [-0.2, -0.15) is 0 Å². The third-order valence-corrected chi connectivity index (χ3v) is 3.42. The zero-order valence-corrected chi connectivity index (χ0v) is 10.6. The van der Waals surface area contributed by atoms with Crippen molar-refractivity contribution in [2.24, 2.45) is 10.9 Å². The molecule has 0 saturated carbocycles. The molecule has 5 heteroatoms. The minimum absolute atomic E-state index is 0.0397. The quantitative estimate of drug-likeness (QED) is 0.778. The second-order valence-corrected chi connectivity index (χ2v) is 5.22. The van der Waals surface area contributed by atoms with E-state index >= 15 is 0 Å². The number of nitrogens with zero attached hydrogens (tertiary/aromatic N) is 2. The Morgan fingerprint density at radius 2 is 2.33 bits per heavy atom. The predicted molar refractivity (Wildman–Crippen MR) is 65.2 cm³/mol. The van der Waals surface area contributed by atoms with E-state index in [1.165, 1.54) is 0 Å². The van der Waals surface area contributed by atoms with Gasteiger partial charge >= 0.3 is 0 Å². The molecule has 1 amide bonds. The van der Waals surface area contributed by atoms with Crippen molar-refractivity contribution in [2.75, 3.05) is 26.4 Å². The van der Waals surface area contributed by atoms with E-state index in [4.69, 9.17) is 0 Å². The van der Waals surface area contributed by atoms with E-state index < -0.39 is 0 Å². The van der Waals surface area contributed by atoms with Crippen LogP contribution < -0.4 is 5.32 Å². The summed E-state index contributed by atoms with van der Waals surface area (Å²) in [5.41, 5.74) is 0. The lowest BCUT2D eigenvalue weighted by Gasteiger charge is -2.13. The van der Waals surface area contributed by atoms with Crippen molar-refractivity contribution in [1.82, 2.24) is 10.2 Å². The molecule has 1 heterocycles. The fourth-order valence-electron chi connectivity index (χ4n) is 1.14. The summed E-state index contributed by atoms with van der Waals surface area (Å²) < 4.78 is 0. The number of carbonyl (C=O) groups is 1. The lowest BCUT2D eigenvalue weighted by Crippen LogP contribution is -2.32. The van der Waals surface area contributed by atoms with Crippen LogP contribution in [0.5, 0.6) is 0 Å². The normalized spacial score (nSPS) is 23.3. The summed E-state index contributed by atoms with van der Waals surface area (Å²) in [5.74, 6) is 1.69. The first kappa shape index (κ1) is 12.4. The second kappa shape index (κ2) is 5.39. The maximum atomic E-state index is 11.3. The summed E-state index contributed by atoms with van der Waals surface area (Å²) >= 11 is 1.70. The second-order valence-electron chi connectivity index (χ2n) is 4.22. The van der Waals surface area contributed by atoms with E-state index in [2.05, 4.69) is 24.2 Å². The number of hydrogen-bond donors (Lipinski definition) is 1. The lowest BCUT2D eigenvalue weighted by atomic mass is 10.1. The van der Waals surface area contributed by atoms with Gasteiger partial charge in [0, 0.05) is 25.9 Å². The van der Waals surface area contributed by atoms with Crippen molar-refractivity contribution < 1.29 is 4.79 Å². The van der Waals surface area contributed by atoms with Crippen molar-refractivity contribution in [2.45, 2.75) is 19.9 Å². The molecule has 1 aliphatic rings. The van der Waals surface area contributed by atoms with Gasteiger partial charge in [0.2, 0.25) is 5.91 Å². The van der Waals surface area contributed by atoms with E-state index in [9.17, 15) is 4.79 Å². The molecule has 0 aromatic carbocycles. The molecular weight excluding hydrogens is 210 g/mol. The summed E-state index contributed by atoms with van der Waals surface area (Å²) in [6.07, 6.45) is 0. The average Bonchev–Trinajstić information content (AvgIpc) is 2.62. The number of rotatable bonds is 3. The standard InChI is InChI=1S/C10H19N3OS/c1-7(2)8-6-15-10(12-8)11-5-9(14)13(3)4/h7-8H,5-6H2,1-4H3,(H,11,12)/t8-/m1/s1. The number of carbonyl (C=O) groups excluding carboxylic acids is 1. The molecule has 0 radical (unpaired) electrons. The minimum Gasteiger partial charge on any atom is -0.361 e. The lowest BCUT2D eigenvalue weighted by molar-refractivity contribution is -0.127. The van der Waals surface area contributed by atoms with Crippen LogP contribution in [0.25, 0.3) is 0 Å². The highest BCUT2D eigenvalue weighted by Crippen LogP contribution is 2.18. The maximum absolute atomic E-state index is 11.3. The highest BCUT2D eigenvalue weighted by atomic mass is 32.2. The molecule has 0 aliphatic carbocycles. The van der Waals surface area contributed by atoms with Gasteiger partial charge in [-0.3, -0.25) is 9.79 Å². The molecule has 0 aromatic rings. The van der Waals surface area contributed by atoms with Gasteiger partial charge in [0.15, 0.2) is 5.17 Å². The van der Waals surface area contributed by atoms with Gasteiger partial charge in [-0.05, 0) is 5.92 Å². The fraction of sp³-hybridized carbons (Fsp3) is 0.800. The first-order valence-corrected chi connectivity index (χ1v) is 6.13. The third kappa shape index (κ3) is 3.74. The molecule has 0 unspecified atom stereocenters. The molecule has 1 aliphatic heterocycles. The summed E-state index contributed by atoms with van der Waals surface area (Å²) in [6.45, 7) is 4.62. The maximum Gasteiger partial charge on any atom is 0.243 e. The van der Waals surface area contributed by atoms with E-state index in [0.29, 0.717) is 12.0 Å². The van der Waals surface area contributed by atoms with Crippen molar-refractivity contribution in [3.63, 3.8) is 0 Å². The van der Waals surface area contributed by atoms with E-state index in [1.54, 1.807) is 30.8 Å². The minimum atomic E-state index is 0.0397. The number of amidine groups is 1. The molecule has 1 saturated heterocycles. The third-order valence-electron chi connectivity index (χ3n) is 2.37. The smallest absolute Gasteiger partial charge is 0.243 e. The molecule has 1 N–H and O–H groups in total. The topological polar surface area (TPSA) is 44.7 Å². The van der Waals surface area contributed by atoms with Crippen LogP contribution in [0.2, 0.25) is 0 Å². The Morgan fingerprint density at radius 3 is 2.80 bits per heavy atom. The molecule has 15 heavy (non-hydrogen) atoms. The summed E-state index contributed by atoms with van der Waals surface area (Å²) in [4.78, 5) is 17.1. The van der Waals surface area contributed by atoms with Crippen LogP contribution in [0.1, 0.15) is 13.8 Å². The molecule has 86 valence electrons. The van der Waals surface area contributed by atoms with Crippen LogP contribution >= 0.6 is 11.8 Å². The Hall–Kier alpha value is -0.710. The van der Waals surface area contributed by atoms with E-state index in [-0.39, 0.29) is 12.5 Å². The monoisotopic (exact) mass is 229 g/mol. The Balaban J connectivity index is 2.40. The number of amides is 1. The Bertz CT molecular complexity index is 263. The van der Waals surface area contributed by atoms with Crippen LogP contribution in [0.15, 0.2) is 4.99 Å². The van der Waals surface area contributed by atoms with Gasteiger partial charge in [-0.15, -0.1) is 0 Å². The molecule has 1 fully saturated rings. The SMILES string of the molecule is CC(C)[C@H]1CSC(=NCC(=O)N(C)C)N1. The highest BCUT2D eigenvalue weighted by Gasteiger charge is 2.22. The zero-order chi connectivity index (χ0) is 11.4. The molecule has 4 nitrogen and oxygen atoms in total. The molecule has 0 bridgehead atoms. The molecule has 0 spiro atoms. The summed E-state index contributed by atoms with van der Waals surface area (Å²) in [5, 5.41) is 4.23. The van der Waals surface area contributed by atoms with E-state index in [1.807, 2.05) is 0 Å². The van der Waals surface area contributed by atoms with Crippen LogP contribution in [-0.4, -0.2) is 48.4 Å². The van der Waals surface area contributed by atoms with Crippen molar-refractivity contribution in [3.8, 4) is 0 Å². The summed E-state index contributed by atoms with van der Waals surface area (Å²) in [7, 11) is 3.49. The Labute approximate surface area is 95.5 Å². The predicted octanol–water partition coefficient (Wildman–Crippen LogP) is 0.792. The number of aliphatic imine (C=N–C) groups is 1. The zero-order valence-electron chi connectivity index (χ0n) is 9.78. The van der Waals surface area contributed by atoms with Crippen LogP contribution in [0, 0.1) is 5.92 Å². The van der Waals surface area contributed by atoms with Gasteiger partial charge < -0.3 is 10.2 Å². The summed E-state index contributed by atoms with van der Waals surface area (Å²) in [6, 6.07) is 0.489. The number of thioether (sulfide) groups is 1. The average molecular weight is 229 g/mol. The van der Waals surface area contributed by atoms with Gasteiger partial charge in [-0.1, -0.05) is 25.6 Å². The number of hydrogen-bond acceptors (Lipinski definition) is 3. The molecule has 0 aromatic heterocycles. The largest absolute Gasteiger partial charge is 0.361 e. The molecular formula is C10H19N3OS. The van der Waals surface area contributed by atoms with E-state index in [0.717, 1.165) is 10.9 Å². The van der Waals surface area contributed by atoms with Crippen LogP contribution in [-0.2, 0) is 4.79 Å². The highest BCUT2D eigenvalue weighted by molar-refractivity contribution is 8.14. The molecule has 1 atom stereocenters. The van der Waals surface area contributed by atoms with Crippen molar-refractivity contribution in [3.05, 3.63) is 0 Å². The van der Waals surface area contributed by atoms with Gasteiger partial charge in [0.1, 0.15) is 6.54 Å². The van der Waals surface area contributed by atoms with Crippen LogP contribution in [0.3, 0.4) is 0 Å². The van der Waals surface area contributed by atoms with Gasteiger partial charge in [0.05, 0.1) is 0 Å². The Kier molecular flexibility index (Phi) is 4.45. The van der Waals surface area contributed by atoms with Gasteiger partial charge in [0.25, 0.3) is 0 Å². The number of nitrogens with one attached hydrogen (secondary N) is 1. The first-order valence-electron chi connectivity index (χ1n) is 5.14. The van der Waals surface area contributed by atoms with Gasteiger partial charge in [-0.25, -0.2) is 0 Å². The van der Waals surface area contributed by atoms with Crippen LogP contribution in [0.4, 0.5) is 0 Å². The number of likely N-dealkylation sites (N-methyl/N-ethyl adjacent to an activating group) is 1. The van der Waals surface area contributed by atoms with Crippen molar-refractivity contribution >= 4 is 22.8 Å². The van der Waals surface area contributed by atoms with Crippen molar-refractivity contribution in [1.29, 1.82) is 0 Å². The fourth-order valence-corrected chi connectivity index (χ4v) is 2.34. The first-order chi connectivity index (χ1) is 7.00. The molecule has 1 rings (SSSR count). The Morgan fingerprint density at radius 1 is 1.67 bits per heavy atom.